The first-order chi connectivity index (χ1) is 14.1. The van der Waals surface area contributed by atoms with Crippen molar-refractivity contribution in [2.45, 2.75) is 45.8 Å². The zero-order valence-corrected chi connectivity index (χ0v) is 17.3. The van der Waals surface area contributed by atoms with Crippen molar-refractivity contribution in [2.24, 2.45) is 5.92 Å². The molecule has 0 fully saturated rings. The number of esters is 1. The summed E-state index contributed by atoms with van der Waals surface area (Å²) in [7, 11) is 0. The van der Waals surface area contributed by atoms with Crippen LogP contribution in [0.3, 0.4) is 0 Å². The topological polar surface area (TPSA) is 64.6 Å². The zero-order valence-electron chi connectivity index (χ0n) is 17.3. The summed E-state index contributed by atoms with van der Waals surface area (Å²) in [6.07, 6.45) is 1.50. The van der Waals surface area contributed by atoms with Crippen LogP contribution in [0.1, 0.15) is 37.8 Å². The standard InChI is InChI=1S/C24H31NO4/c1-3-29-24(27)22(15-14-20-10-6-4-7-11-20)25-23(26)16-19(2)17-28-18-21-12-8-5-9-13-21/h4-13,19,22H,3,14-18H2,1-2H3,(H,25,26)/t19?,22-/m1/s1. The predicted molar refractivity (Wildman–Crippen MR) is 113 cm³/mol. The highest BCUT2D eigenvalue weighted by atomic mass is 16.5. The van der Waals surface area contributed by atoms with E-state index in [-0.39, 0.29) is 17.8 Å². The Kier molecular flexibility index (Phi) is 9.93. The third-order valence-electron chi connectivity index (χ3n) is 4.52. The molecule has 0 aliphatic rings. The Balaban J connectivity index is 1.78. The summed E-state index contributed by atoms with van der Waals surface area (Å²) >= 11 is 0. The molecular formula is C24H31NO4. The number of hydrogen-bond acceptors (Lipinski definition) is 4. The first-order valence-electron chi connectivity index (χ1n) is 10.2. The minimum absolute atomic E-state index is 0.0516. The van der Waals surface area contributed by atoms with Crippen LogP contribution in [0.2, 0.25) is 0 Å². The first-order valence-corrected chi connectivity index (χ1v) is 10.2. The van der Waals surface area contributed by atoms with Crippen molar-refractivity contribution in [1.82, 2.24) is 5.32 Å². The van der Waals surface area contributed by atoms with Gasteiger partial charge in [-0.1, -0.05) is 67.6 Å². The Labute approximate surface area is 173 Å². The van der Waals surface area contributed by atoms with Gasteiger partial charge in [-0.2, -0.15) is 0 Å². The summed E-state index contributed by atoms with van der Waals surface area (Å²) < 4.78 is 10.8. The number of rotatable bonds is 12. The maximum Gasteiger partial charge on any atom is 0.328 e. The van der Waals surface area contributed by atoms with Crippen LogP contribution >= 0.6 is 0 Å². The molecule has 0 saturated heterocycles. The van der Waals surface area contributed by atoms with Gasteiger partial charge in [0.2, 0.25) is 5.91 Å². The van der Waals surface area contributed by atoms with E-state index in [1.807, 2.05) is 67.6 Å². The van der Waals surface area contributed by atoms with Gasteiger partial charge in [-0.15, -0.1) is 0 Å². The summed E-state index contributed by atoms with van der Waals surface area (Å²) in [5.41, 5.74) is 2.23. The molecule has 1 unspecified atom stereocenters. The van der Waals surface area contributed by atoms with Crippen molar-refractivity contribution in [2.75, 3.05) is 13.2 Å². The molecule has 0 aromatic heterocycles. The maximum absolute atomic E-state index is 12.4. The number of carbonyl (C=O) groups excluding carboxylic acids is 2. The van der Waals surface area contributed by atoms with Crippen molar-refractivity contribution in [3.8, 4) is 0 Å². The molecule has 2 rings (SSSR count). The normalized spacial score (nSPS) is 12.8. The van der Waals surface area contributed by atoms with Gasteiger partial charge in [0.05, 0.1) is 19.8 Å². The highest BCUT2D eigenvalue weighted by Gasteiger charge is 2.22. The molecular weight excluding hydrogens is 366 g/mol. The Morgan fingerprint density at radius 2 is 1.59 bits per heavy atom. The van der Waals surface area contributed by atoms with Crippen LogP contribution < -0.4 is 5.32 Å². The minimum Gasteiger partial charge on any atom is -0.464 e. The number of hydrogen-bond donors (Lipinski definition) is 1. The average Bonchev–Trinajstić information content (AvgIpc) is 2.72. The molecule has 1 N–H and O–H groups in total. The SMILES string of the molecule is CCOC(=O)[C@@H](CCc1ccccc1)NC(=O)CC(C)COCc1ccccc1. The monoisotopic (exact) mass is 397 g/mol. The molecule has 1 amide bonds. The molecule has 5 nitrogen and oxygen atoms in total. The van der Waals surface area contributed by atoms with Gasteiger partial charge in [-0.25, -0.2) is 4.79 Å². The zero-order chi connectivity index (χ0) is 20.9. The molecule has 0 aliphatic carbocycles. The molecule has 2 aromatic carbocycles. The van der Waals surface area contributed by atoms with Gasteiger partial charge >= 0.3 is 5.97 Å². The van der Waals surface area contributed by atoms with E-state index in [2.05, 4.69) is 5.32 Å². The number of amides is 1. The lowest BCUT2D eigenvalue weighted by atomic mass is 10.0. The third-order valence-corrected chi connectivity index (χ3v) is 4.52. The van der Waals surface area contributed by atoms with Crippen LogP contribution in [0, 0.1) is 5.92 Å². The Bertz CT molecular complexity index is 733. The van der Waals surface area contributed by atoms with E-state index in [0.717, 1.165) is 11.1 Å². The smallest absolute Gasteiger partial charge is 0.328 e. The van der Waals surface area contributed by atoms with E-state index in [0.29, 0.717) is 39.1 Å². The van der Waals surface area contributed by atoms with E-state index in [9.17, 15) is 9.59 Å². The molecule has 5 heteroatoms. The lowest BCUT2D eigenvalue weighted by Gasteiger charge is -2.19. The molecule has 156 valence electrons. The largest absolute Gasteiger partial charge is 0.464 e. The van der Waals surface area contributed by atoms with E-state index >= 15 is 0 Å². The van der Waals surface area contributed by atoms with Gasteiger partial charge in [0.1, 0.15) is 6.04 Å². The highest BCUT2D eigenvalue weighted by Crippen LogP contribution is 2.09. The Morgan fingerprint density at radius 1 is 0.966 bits per heavy atom. The summed E-state index contributed by atoms with van der Waals surface area (Å²) in [5, 5.41) is 2.84. The molecule has 29 heavy (non-hydrogen) atoms. The van der Waals surface area contributed by atoms with Gasteiger partial charge in [-0.3, -0.25) is 4.79 Å². The average molecular weight is 398 g/mol. The first kappa shape index (κ1) is 22.6. The molecule has 0 heterocycles. The third kappa shape index (κ3) is 8.92. The molecule has 0 bridgehead atoms. The highest BCUT2D eigenvalue weighted by molar-refractivity contribution is 5.84. The van der Waals surface area contributed by atoms with Gasteiger partial charge in [-0.05, 0) is 36.8 Å². The number of ether oxygens (including phenoxy) is 2. The lowest BCUT2D eigenvalue weighted by molar-refractivity contribution is -0.147. The number of carbonyl (C=O) groups is 2. The number of benzene rings is 2. The molecule has 0 aliphatic heterocycles. The van der Waals surface area contributed by atoms with Crippen LogP contribution in [-0.4, -0.2) is 31.1 Å². The fourth-order valence-electron chi connectivity index (χ4n) is 3.03. The fourth-order valence-corrected chi connectivity index (χ4v) is 3.03. The second-order valence-electron chi connectivity index (χ2n) is 7.21. The summed E-state index contributed by atoms with van der Waals surface area (Å²) in [6, 6.07) is 19.2. The van der Waals surface area contributed by atoms with Gasteiger partial charge in [0.15, 0.2) is 0 Å². The van der Waals surface area contributed by atoms with Crippen LogP contribution in [0.25, 0.3) is 0 Å². The van der Waals surface area contributed by atoms with E-state index in [4.69, 9.17) is 9.47 Å². The second-order valence-corrected chi connectivity index (χ2v) is 7.21. The second kappa shape index (κ2) is 12.7. The van der Waals surface area contributed by atoms with Gasteiger partial charge < -0.3 is 14.8 Å². The van der Waals surface area contributed by atoms with Crippen molar-refractivity contribution >= 4 is 11.9 Å². The summed E-state index contributed by atoms with van der Waals surface area (Å²) in [6.45, 7) is 5.03. The van der Waals surface area contributed by atoms with Gasteiger partial charge in [0.25, 0.3) is 0 Å². The summed E-state index contributed by atoms with van der Waals surface area (Å²) in [4.78, 5) is 24.7. The van der Waals surface area contributed by atoms with Crippen LogP contribution in [-0.2, 0) is 32.1 Å². The molecule has 0 radical (unpaired) electrons. The van der Waals surface area contributed by atoms with Crippen molar-refractivity contribution in [3.05, 3.63) is 71.8 Å². The van der Waals surface area contributed by atoms with Crippen molar-refractivity contribution < 1.29 is 19.1 Å². The van der Waals surface area contributed by atoms with Crippen LogP contribution in [0.15, 0.2) is 60.7 Å². The molecule has 0 spiro atoms. The number of nitrogens with one attached hydrogen (secondary N) is 1. The summed E-state index contributed by atoms with van der Waals surface area (Å²) in [5.74, 6) is -0.493. The van der Waals surface area contributed by atoms with Gasteiger partial charge in [0, 0.05) is 6.42 Å². The van der Waals surface area contributed by atoms with Crippen LogP contribution in [0.5, 0.6) is 0 Å². The maximum atomic E-state index is 12.4. The fraction of sp³-hybridized carbons (Fsp3) is 0.417. The van der Waals surface area contributed by atoms with Crippen molar-refractivity contribution in [3.63, 3.8) is 0 Å². The Morgan fingerprint density at radius 3 is 2.21 bits per heavy atom. The van der Waals surface area contributed by atoms with E-state index < -0.39 is 6.04 Å². The van der Waals surface area contributed by atoms with Crippen LogP contribution in [0.4, 0.5) is 0 Å². The lowest BCUT2D eigenvalue weighted by Crippen LogP contribution is -2.42. The van der Waals surface area contributed by atoms with E-state index in [1.54, 1.807) is 6.92 Å². The Hall–Kier alpha value is -2.66. The van der Waals surface area contributed by atoms with Crippen molar-refractivity contribution in [1.29, 1.82) is 0 Å². The molecule has 2 aromatic rings. The quantitative estimate of drug-likeness (QED) is 0.552. The van der Waals surface area contributed by atoms with E-state index in [1.165, 1.54) is 0 Å². The minimum atomic E-state index is -0.639. The predicted octanol–water partition coefficient (Wildman–Crippen LogP) is 3.91. The molecule has 0 saturated carbocycles. The molecule has 2 atom stereocenters. The number of aryl methyl sites for hydroxylation is 1.